The zero-order valence-electron chi connectivity index (χ0n) is 9.83. The Bertz CT molecular complexity index is 605. The molecule has 0 radical (unpaired) electrons. The Kier molecular flexibility index (Phi) is 2.44. The summed E-state index contributed by atoms with van der Waals surface area (Å²) < 4.78 is 0. The molecule has 1 aromatic carbocycles. The van der Waals surface area contributed by atoms with E-state index in [4.69, 9.17) is 0 Å². The van der Waals surface area contributed by atoms with Gasteiger partial charge in [0, 0.05) is 41.1 Å². The minimum Gasteiger partial charge on any atom is -0.382 e. The van der Waals surface area contributed by atoms with Crippen LogP contribution in [0.4, 0.5) is 0 Å². The van der Waals surface area contributed by atoms with Crippen LogP contribution < -0.4 is 5.32 Å². The van der Waals surface area contributed by atoms with Crippen LogP contribution in [0.3, 0.4) is 0 Å². The topological polar surface area (TPSA) is 40.2 Å². The van der Waals surface area contributed by atoms with Gasteiger partial charge in [0.2, 0.25) is 0 Å². The van der Waals surface area contributed by atoms with Crippen molar-refractivity contribution in [2.45, 2.75) is 13.3 Å². The van der Waals surface area contributed by atoms with E-state index in [-0.39, 0.29) is 0 Å². The molecule has 0 saturated carbocycles. The van der Waals surface area contributed by atoms with Crippen LogP contribution in [0, 0.1) is 0 Å². The summed E-state index contributed by atoms with van der Waals surface area (Å²) in [5.41, 5.74) is 4.82. The van der Waals surface area contributed by atoms with E-state index in [0.29, 0.717) is 0 Å². The maximum atomic E-state index is 4.47. The van der Waals surface area contributed by atoms with Crippen molar-refractivity contribution >= 4 is 16.6 Å². The van der Waals surface area contributed by atoms with Gasteiger partial charge < -0.3 is 10.3 Å². The van der Waals surface area contributed by atoms with Crippen molar-refractivity contribution in [2.24, 2.45) is 4.99 Å². The van der Waals surface area contributed by atoms with Gasteiger partial charge in [-0.15, -0.1) is 0 Å². The van der Waals surface area contributed by atoms with Crippen LogP contribution in [0.15, 0.2) is 47.4 Å². The Balaban J connectivity index is 1.91. The van der Waals surface area contributed by atoms with Crippen molar-refractivity contribution in [3.05, 3.63) is 47.9 Å². The van der Waals surface area contributed by atoms with Crippen molar-refractivity contribution in [3.8, 4) is 0 Å². The van der Waals surface area contributed by atoms with Crippen LogP contribution >= 0.6 is 0 Å². The molecule has 3 heteroatoms. The largest absolute Gasteiger partial charge is 0.382 e. The van der Waals surface area contributed by atoms with E-state index in [2.05, 4.69) is 39.7 Å². The van der Waals surface area contributed by atoms with Gasteiger partial charge in [-0.2, -0.15) is 0 Å². The van der Waals surface area contributed by atoms with Gasteiger partial charge in [-0.3, -0.25) is 4.99 Å². The number of aromatic amines is 1. The lowest BCUT2D eigenvalue weighted by atomic mass is 10.1. The summed E-state index contributed by atoms with van der Waals surface area (Å²) in [4.78, 5) is 7.77. The molecule has 86 valence electrons. The molecule has 3 nitrogen and oxygen atoms in total. The monoisotopic (exact) mass is 225 g/mol. The molecular formula is C14H15N3. The SMILES string of the molecule is CC1=CN=C(Cc2c[nH]c3ccccc23)CN1. The molecule has 2 N–H and O–H groups in total. The first-order valence-electron chi connectivity index (χ1n) is 5.84. The van der Waals surface area contributed by atoms with E-state index < -0.39 is 0 Å². The predicted octanol–water partition coefficient (Wildman–Crippen LogP) is 2.62. The quantitative estimate of drug-likeness (QED) is 0.810. The molecule has 1 aliphatic rings. The van der Waals surface area contributed by atoms with Crippen molar-refractivity contribution in [3.63, 3.8) is 0 Å². The standard InChI is InChI=1S/C14H15N3/c1-10-7-16-12(9-15-10)6-11-8-17-14-5-3-2-4-13(11)14/h2-5,7-8,15,17H,6,9H2,1H3. The highest BCUT2D eigenvalue weighted by Crippen LogP contribution is 2.18. The van der Waals surface area contributed by atoms with Gasteiger partial charge in [0.15, 0.2) is 0 Å². The number of benzene rings is 1. The van der Waals surface area contributed by atoms with Crippen LogP contribution in [0.1, 0.15) is 12.5 Å². The molecule has 0 atom stereocenters. The number of nitrogens with one attached hydrogen (secondary N) is 2. The Hall–Kier alpha value is -2.03. The molecule has 0 bridgehead atoms. The summed E-state index contributed by atoms with van der Waals surface area (Å²) in [7, 11) is 0. The van der Waals surface area contributed by atoms with Gasteiger partial charge in [0.1, 0.15) is 0 Å². The maximum Gasteiger partial charge on any atom is 0.0534 e. The number of fused-ring (bicyclic) bond motifs is 1. The first-order valence-corrected chi connectivity index (χ1v) is 5.84. The third-order valence-corrected chi connectivity index (χ3v) is 3.08. The van der Waals surface area contributed by atoms with Crippen molar-refractivity contribution < 1.29 is 0 Å². The number of hydrogen-bond donors (Lipinski definition) is 2. The van der Waals surface area contributed by atoms with Crippen LogP contribution in [-0.4, -0.2) is 17.2 Å². The molecule has 1 aliphatic heterocycles. The van der Waals surface area contributed by atoms with E-state index in [1.165, 1.54) is 22.2 Å². The van der Waals surface area contributed by atoms with E-state index in [1.54, 1.807) is 0 Å². The molecule has 0 fully saturated rings. The summed E-state index contributed by atoms with van der Waals surface area (Å²) >= 11 is 0. The number of hydrogen-bond acceptors (Lipinski definition) is 2. The van der Waals surface area contributed by atoms with E-state index in [0.717, 1.165) is 18.7 Å². The number of aliphatic imine (C=N–C) groups is 1. The first-order chi connectivity index (χ1) is 8.33. The Morgan fingerprint density at radius 1 is 1.29 bits per heavy atom. The molecule has 0 spiro atoms. The average Bonchev–Trinajstić information content (AvgIpc) is 2.76. The second-order valence-corrected chi connectivity index (χ2v) is 4.40. The summed E-state index contributed by atoms with van der Waals surface area (Å²) in [6.45, 7) is 2.88. The van der Waals surface area contributed by atoms with Crippen molar-refractivity contribution in [1.29, 1.82) is 0 Å². The normalized spacial score (nSPS) is 15.4. The lowest BCUT2D eigenvalue weighted by Gasteiger charge is -2.13. The third kappa shape index (κ3) is 1.96. The van der Waals surface area contributed by atoms with Gasteiger partial charge in [-0.25, -0.2) is 0 Å². The minimum absolute atomic E-state index is 0.849. The Morgan fingerprint density at radius 2 is 2.18 bits per heavy atom. The Morgan fingerprint density at radius 3 is 3.00 bits per heavy atom. The molecule has 0 amide bonds. The highest BCUT2D eigenvalue weighted by atomic mass is 14.9. The number of allylic oxidation sites excluding steroid dienone is 1. The van der Waals surface area contributed by atoms with Gasteiger partial charge in [-0.05, 0) is 18.6 Å². The lowest BCUT2D eigenvalue weighted by molar-refractivity contribution is 0.889. The number of aromatic nitrogens is 1. The number of H-pyrrole nitrogens is 1. The number of nitrogens with zero attached hydrogens (tertiary/aromatic N) is 1. The molecule has 0 unspecified atom stereocenters. The number of para-hydroxylation sites is 1. The van der Waals surface area contributed by atoms with E-state index in [9.17, 15) is 0 Å². The van der Waals surface area contributed by atoms with E-state index >= 15 is 0 Å². The number of rotatable bonds is 2. The summed E-state index contributed by atoms with van der Waals surface area (Å²) in [6, 6.07) is 8.38. The fourth-order valence-corrected chi connectivity index (χ4v) is 2.13. The van der Waals surface area contributed by atoms with Crippen LogP contribution in [0.5, 0.6) is 0 Å². The smallest absolute Gasteiger partial charge is 0.0534 e. The highest BCUT2D eigenvalue weighted by Gasteiger charge is 2.08. The predicted molar refractivity (Wildman–Crippen MR) is 71.2 cm³/mol. The zero-order valence-corrected chi connectivity index (χ0v) is 9.83. The second-order valence-electron chi connectivity index (χ2n) is 4.40. The average molecular weight is 225 g/mol. The summed E-state index contributed by atoms with van der Waals surface area (Å²) in [6.07, 6.45) is 4.88. The van der Waals surface area contributed by atoms with Crippen LogP contribution in [-0.2, 0) is 6.42 Å². The minimum atomic E-state index is 0.849. The molecule has 17 heavy (non-hydrogen) atoms. The molecule has 1 aromatic heterocycles. The zero-order chi connectivity index (χ0) is 11.7. The fraction of sp³-hybridized carbons (Fsp3) is 0.214. The molecule has 0 saturated heterocycles. The van der Waals surface area contributed by atoms with Crippen molar-refractivity contribution in [1.82, 2.24) is 10.3 Å². The second kappa shape index (κ2) is 4.09. The maximum absolute atomic E-state index is 4.47. The van der Waals surface area contributed by atoms with Gasteiger partial charge >= 0.3 is 0 Å². The molecule has 0 aliphatic carbocycles. The van der Waals surface area contributed by atoms with Crippen LogP contribution in [0.25, 0.3) is 10.9 Å². The van der Waals surface area contributed by atoms with Gasteiger partial charge in [0.05, 0.1) is 6.54 Å². The molecule has 3 rings (SSSR count). The molecule has 2 aromatic rings. The highest BCUT2D eigenvalue weighted by molar-refractivity contribution is 5.94. The van der Waals surface area contributed by atoms with Crippen molar-refractivity contribution in [2.75, 3.05) is 6.54 Å². The van der Waals surface area contributed by atoms with Crippen LogP contribution in [0.2, 0.25) is 0 Å². The van der Waals surface area contributed by atoms with Gasteiger partial charge in [0.25, 0.3) is 0 Å². The molecule has 2 heterocycles. The van der Waals surface area contributed by atoms with E-state index in [1.807, 2.05) is 19.2 Å². The fourth-order valence-electron chi connectivity index (χ4n) is 2.13. The lowest BCUT2D eigenvalue weighted by Crippen LogP contribution is -2.25. The third-order valence-electron chi connectivity index (χ3n) is 3.08. The summed E-state index contributed by atoms with van der Waals surface area (Å²) in [5, 5.41) is 4.61. The molecular weight excluding hydrogens is 210 g/mol. The Labute approximate surface area is 100 Å². The first kappa shape index (κ1) is 10.1. The van der Waals surface area contributed by atoms with Gasteiger partial charge in [-0.1, -0.05) is 18.2 Å². The summed E-state index contributed by atoms with van der Waals surface area (Å²) in [5.74, 6) is 0.